The standard InChI is InChI=1S/C12H16O5/c1-3-11(14)17-10-6-8(5-9(13)7-10)12(15)16-4-2/h7-8H,3-6H2,1-2H3. The molecule has 0 heterocycles. The minimum atomic E-state index is -0.535. The summed E-state index contributed by atoms with van der Waals surface area (Å²) in [6.07, 6.45) is 1.88. The minimum Gasteiger partial charge on any atom is -0.466 e. The number of ketones is 1. The highest BCUT2D eigenvalue weighted by molar-refractivity contribution is 5.94. The summed E-state index contributed by atoms with van der Waals surface area (Å²) in [5, 5.41) is 0. The summed E-state index contributed by atoms with van der Waals surface area (Å²) >= 11 is 0. The molecule has 0 aromatic carbocycles. The third-order valence-electron chi connectivity index (χ3n) is 2.37. The Kier molecular flexibility index (Phi) is 4.87. The van der Waals surface area contributed by atoms with Crippen molar-refractivity contribution in [1.29, 1.82) is 0 Å². The molecule has 0 bridgehead atoms. The average Bonchev–Trinajstić information content (AvgIpc) is 2.28. The molecule has 0 amide bonds. The first-order chi connectivity index (χ1) is 8.06. The molecule has 0 N–H and O–H groups in total. The van der Waals surface area contributed by atoms with Gasteiger partial charge in [-0.2, -0.15) is 0 Å². The molecule has 0 saturated carbocycles. The van der Waals surface area contributed by atoms with E-state index in [2.05, 4.69) is 0 Å². The van der Waals surface area contributed by atoms with Gasteiger partial charge in [0.05, 0.1) is 12.5 Å². The summed E-state index contributed by atoms with van der Waals surface area (Å²) in [5.74, 6) is -1.32. The number of carbonyl (C=O) groups excluding carboxylic acids is 3. The Labute approximate surface area is 99.8 Å². The van der Waals surface area contributed by atoms with Crippen LogP contribution in [0, 0.1) is 5.92 Å². The Morgan fingerprint density at radius 3 is 2.65 bits per heavy atom. The molecule has 0 aliphatic heterocycles. The van der Waals surface area contributed by atoms with Crippen molar-refractivity contribution in [2.24, 2.45) is 5.92 Å². The molecule has 17 heavy (non-hydrogen) atoms. The van der Waals surface area contributed by atoms with Crippen LogP contribution in [0.4, 0.5) is 0 Å². The van der Waals surface area contributed by atoms with Gasteiger partial charge >= 0.3 is 11.9 Å². The van der Waals surface area contributed by atoms with Crippen molar-refractivity contribution in [3.8, 4) is 0 Å². The largest absolute Gasteiger partial charge is 0.466 e. The van der Waals surface area contributed by atoms with Crippen molar-refractivity contribution in [1.82, 2.24) is 0 Å². The summed E-state index contributed by atoms with van der Waals surface area (Å²) < 4.78 is 9.81. The maximum Gasteiger partial charge on any atom is 0.310 e. The molecule has 0 spiro atoms. The van der Waals surface area contributed by atoms with Gasteiger partial charge in [-0.25, -0.2) is 0 Å². The number of carbonyl (C=O) groups is 3. The highest BCUT2D eigenvalue weighted by atomic mass is 16.5. The molecule has 5 nitrogen and oxygen atoms in total. The van der Waals surface area contributed by atoms with E-state index in [-0.39, 0.29) is 37.4 Å². The van der Waals surface area contributed by atoms with E-state index < -0.39 is 17.9 Å². The molecule has 0 fully saturated rings. The summed E-state index contributed by atoms with van der Waals surface area (Å²) in [6.45, 7) is 3.64. The van der Waals surface area contributed by atoms with Gasteiger partial charge in [0.25, 0.3) is 0 Å². The monoisotopic (exact) mass is 240 g/mol. The number of ether oxygens (including phenoxy) is 2. The van der Waals surface area contributed by atoms with Gasteiger partial charge in [0, 0.05) is 25.3 Å². The lowest BCUT2D eigenvalue weighted by Gasteiger charge is -2.19. The zero-order valence-electron chi connectivity index (χ0n) is 10.0. The fraction of sp³-hybridized carbons (Fsp3) is 0.583. The van der Waals surface area contributed by atoms with Crippen LogP contribution in [0.15, 0.2) is 11.8 Å². The van der Waals surface area contributed by atoms with Crippen LogP contribution in [-0.2, 0) is 23.9 Å². The van der Waals surface area contributed by atoms with E-state index in [1.165, 1.54) is 6.08 Å². The highest BCUT2D eigenvalue weighted by Crippen LogP contribution is 2.24. The van der Waals surface area contributed by atoms with Crippen LogP contribution >= 0.6 is 0 Å². The summed E-state index contributed by atoms with van der Waals surface area (Å²) in [7, 11) is 0. The van der Waals surface area contributed by atoms with Gasteiger partial charge < -0.3 is 9.47 Å². The van der Waals surface area contributed by atoms with Crippen LogP contribution in [0.3, 0.4) is 0 Å². The molecule has 5 heteroatoms. The van der Waals surface area contributed by atoms with Crippen molar-refractivity contribution in [3.63, 3.8) is 0 Å². The van der Waals surface area contributed by atoms with E-state index >= 15 is 0 Å². The van der Waals surface area contributed by atoms with Crippen molar-refractivity contribution in [2.45, 2.75) is 33.1 Å². The van der Waals surface area contributed by atoms with Gasteiger partial charge in [0.15, 0.2) is 5.78 Å². The summed E-state index contributed by atoms with van der Waals surface area (Å²) in [6, 6.07) is 0. The van der Waals surface area contributed by atoms with Crippen LogP contribution in [0.5, 0.6) is 0 Å². The maximum absolute atomic E-state index is 11.5. The van der Waals surface area contributed by atoms with Gasteiger partial charge in [0.1, 0.15) is 5.76 Å². The highest BCUT2D eigenvalue weighted by Gasteiger charge is 2.29. The average molecular weight is 240 g/mol. The SMILES string of the molecule is CCOC(=O)C1CC(=O)C=C(OC(=O)CC)C1. The van der Waals surface area contributed by atoms with E-state index in [0.717, 1.165) is 0 Å². The maximum atomic E-state index is 11.5. The molecule has 0 aromatic rings. The predicted molar refractivity (Wildman–Crippen MR) is 58.8 cm³/mol. The van der Waals surface area contributed by atoms with Crippen molar-refractivity contribution < 1.29 is 23.9 Å². The Morgan fingerprint density at radius 2 is 2.06 bits per heavy atom. The van der Waals surface area contributed by atoms with Crippen LogP contribution in [0.2, 0.25) is 0 Å². The van der Waals surface area contributed by atoms with Crippen LogP contribution in [0.1, 0.15) is 33.1 Å². The summed E-state index contributed by atoms with van der Waals surface area (Å²) in [4.78, 5) is 34.0. The van der Waals surface area contributed by atoms with Crippen molar-refractivity contribution in [3.05, 3.63) is 11.8 Å². The molecule has 1 atom stereocenters. The first-order valence-electron chi connectivity index (χ1n) is 5.67. The number of rotatable bonds is 4. The molecule has 0 radical (unpaired) electrons. The van der Waals surface area contributed by atoms with E-state index in [1.54, 1.807) is 13.8 Å². The Bertz CT molecular complexity index is 356. The Morgan fingerprint density at radius 1 is 1.35 bits per heavy atom. The molecule has 1 aliphatic carbocycles. The fourth-order valence-electron chi connectivity index (χ4n) is 1.57. The normalized spacial score (nSPS) is 19.5. The molecule has 94 valence electrons. The molecular formula is C12H16O5. The van der Waals surface area contributed by atoms with Gasteiger partial charge in [-0.3, -0.25) is 14.4 Å². The van der Waals surface area contributed by atoms with Gasteiger partial charge in [-0.05, 0) is 6.92 Å². The molecule has 1 rings (SSSR count). The van der Waals surface area contributed by atoms with Crippen molar-refractivity contribution >= 4 is 17.7 Å². The lowest BCUT2D eigenvalue weighted by molar-refractivity contribution is -0.151. The first kappa shape index (κ1) is 13.4. The van der Waals surface area contributed by atoms with E-state index in [9.17, 15) is 14.4 Å². The molecule has 1 aliphatic rings. The Hall–Kier alpha value is -1.65. The van der Waals surface area contributed by atoms with Crippen LogP contribution in [-0.4, -0.2) is 24.3 Å². The number of hydrogen-bond acceptors (Lipinski definition) is 5. The molecule has 1 unspecified atom stereocenters. The second-order valence-electron chi connectivity index (χ2n) is 3.76. The quantitative estimate of drug-likeness (QED) is 0.694. The van der Waals surface area contributed by atoms with E-state index in [4.69, 9.17) is 9.47 Å². The summed E-state index contributed by atoms with van der Waals surface area (Å²) in [5.41, 5.74) is 0. The minimum absolute atomic E-state index is 0.117. The van der Waals surface area contributed by atoms with E-state index in [1.807, 2.05) is 0 Å². The second-order valence-corrected chi connectivity index (χ2v) is 3.76. The van der Waals surface area contributed by atoms with Gasteiger partial charge in [-0.15, -0.1) is 0 Å². The van der Waals surface area contributed by atoms with Crippen LogP contribution < -0.4 is 0 Å². The number of allylic oxidation sites excluding steroid dienone is 2. The lowest BCUT2D eigenvalue weighted by Crippen LogP contribution is -2.25. The predicted octanol–water partition coefficient (Wildman–Crippen LogP) is 1.37. The van der Waals surface area contributed by atoms with Gasteiger partial charge in [0.2, 0.25) is 0 Å². The Balaban J connectivity index is 2.65. The zero-order chi connectivity index (χ0) is 12.8. The fourth-order valence-corrected chi connectivity index (χ4v) is 1.57. The van der Waals surface area contributed by atoms with E-state index in [0.29, 0.717) is 0 Å². The van der Waals surface area contributed by atoms with Crippen LogP contribution in [0.25, 0.3) is 0 Å². The number of hydrogen-bond donors (Lipinski definition) is 0. The third kappa shape index (κ3) is 4.01. The number of esters is 2. The smallest absolute Gasteiger partial charge is 0.310 e. The molecule has 0 aromatic heterocycles. The topological polar surface area (TPSA) is 69.7 Å². The zero-order valence-corrected chi connectivity index (χ0v) is 10.0. The van der Waals surface area contributed by atoms with Gasteiger partial charge in [-0.1, -0.05) is 6.92 Å². The first-order valence-corrected chi connectivity index (χ1v) is 5.67. The third-order valence-corrected chi connectivity index (χ3v) is 2.37. The second kappa shape index (κ2) is 6.18. The molecular weight excluding hydrogens is 224 g/mol. The molecule has 0 saturated heterocycles. The lowest BCUT2D eigenvalue weighted by atomic mass is 9.92. The van der Waals surface area contributed by atoms with Crippen molar-refractivity contribution in [2.75, 3.05) is 6.61 Å².